The van der Waals surface area contributed by atoms with Crippen molar-refractivity contribution >= 4 is 28.6 Å². The fourth-order valence-electron chi connectivity index (χ4n) is 1.91. The number of carboxylic acids is 1. The lowest BCUT2D eigenvalue weighted by molar-refractivity contribution is 0.0699. The van der Waals surface area contributed by atoms with Crippen LogP contribution in [0.15, 0.2) is 64.8 Å². The van der Waals surface area contributed by atoms with E-state index in [0.29, 0.717) is 10.9 Å². The first kappa shape index (κ1) is 12.6. The van der Waals surface area contributed by atoms with Crippen LogP contribution in [0.25, 0.3) is 10.9 Å². The van der Waals surface area contributed by atoms with Crippen LogP contribution < -0.4 is 0 Å². The van der Waals surface area contributed by atoms with Gasteiger partial charge < -0.3 is 5.11 Å². The summed E-state index contributed by atoms with van der Waals surface area (Å²) in [6, 6.07) is 12.6. The number of benzene rings is 1. The second kappa shape index (κ2) is 5.30. The predicted molar refractivity (Wildman–Crippen MR) is 77.1 cm³/mol. The summed E-state index contributed by atoms with van der Waals surface area (Å²) in [6.07, 6.45) is 3.46. The van der Waals surface area contributed by atoms with Gasteiger partial charge in [-0.2, -0.15) is 0 Å². The molecular weight excluding hydrogens is 272 g/mol. The Kier molecular flexibility index (Phi) is 3.35. The van der Waals surface area contributed by atoms with Crippen molar-refractivity contribution in [3.8, 4) is 0 Å². The maximum absolute atomic E-state index is 11.2. The molecule has 0 aliphatic rings. The monoisotopic (exact) mass is 282 g/mol. The van der Waals surface area contributed by atoms with Gasteiger partial charge in [0, 0.05) is 22.7 Å². The molecule has 0 amide bonds. The Morgan fingerprint density at radius 1 is 1.05 bits per heavy atom. The Balaban J connectivity index is 2.01. The normalized spacial score (nSPS) is 10.6. The minimum atomic E-state index is -0.938. The van der Waals surface area contributed by atoms with Gasteiger partial charge in [-0.3, -0.25) is 4.98 Å². The topological polar surface area (TPSA) is 63.1 Å². The van der Waals surface area contributed by atoms with Crippen molar-refractivity contribution in [3.63, 3.8) is 0 Å². The highest BCUT2D eigenvalue weighted by atomic mass is 32.2. The third-order valence-electron chi connectivity index (χ3n) is 2.81. The average molecular weight is 282 g/mol. The summed E-state index contributed by atoms with van der Waals surface area (Å²) in [5.74, 6) is -0.938. The molecular formula is C15H10N2O2S. The van der Waals surface area contributed by atoms with Gasteiger partial charge in [0.1, 0.15) is 5.03 Å². The number of rotatable bonds is 3. The molecule has 98 valence electrons. The number of carboxylic acid groups (broad SMARTS) is 1. The highest BCUT2D eigenvalue weighted by Gasteiger charge is 2.09. The summed E-state index contributed by atoms with van der Waals surface area (Å²) in [5.41, 5.74) is 0.958. The number of aromatic carboxylic acids is 1. The summed E-state index contributed by atoms with van der Waals surface area (Å²) in [4.78, 5) is 20.7. The second-order valence-electron chi connectivity index (χ2n) is 4.11. The van der Waals surface area contributed by atoms with Gasteiger partial charge >= 0.3 is 5.97 Å². The van der Waals surface area contributed by atoms with Crippen LogP contribution in [-0.2, 0) is 0 Å². The maximum atomic E-state index is 11.2. The fraction of sp³-hybridized carbons (Fsp3) is 0. The SMILES string of the molecule is O=C(O)c1cccc2nc(Sc3ccncc3)ccc12. The Bertz CT molecular complexity index is 775. The summed E-state index contributed by atoms with van der Waals surface area (Å²) >= 11 is 1.52. The molecule has 0 radical (unpaired) electrons. The molecule has 4 nitrogen and oxygen atoms in total. The Labute approximate surface area is 119 Å². The third kappa shape index (κ3) is 2.48. The summed E-state index contributed by atoms with van der Waals surface area (Å²) in [5, 5.41) is 10.6. The number of hydrogen-bond acceptors (Lipinski definition) is 4. The molecule has 2 aromatic heterocycles. The number of hydrogen-bond donors (Lipinski definition) is 1. The zero-order chi connectivity index (χ0) is 13.9. The van der Waals surface area contributed by atoms with Crippen LogP contribution in [0.1, 0.15) is 10.4 Å². The third-order valence-corrected chi connectivity index (χ3v) is 3.75. The first-order chi connectivity index (χ1) is 9.74. The molecule has 0 spiro atoms. The van der Waals surface area contributed by atoms with E-state index in [1.807, 2.05) is 24.3 Å². The summed E-state index contributed by atoms with van der Waals surface area (Å²) in [7, 11) is 0. The Hall–Kier alpha value is -2.40. The first-order valence-electron chi connectivity index (χ1n) is 5.95. The van der Waals surface area contributed by atoms with Gasteiger partial charge in [0.2, 0.25) is 0 Å². The molecule has 3 rings (SSSR count). The zero-order valence-corrected chi connectivity index (χ0v) is 11.2. The van der Waals surface area contributed by atoms with Crippen LogP contribution in [0.4, 0.5) is 0 Å². The van der Waals surface area contributed by atoms with Crippen molar-refractivity contribution in [1.29, 1.82) is 0 Å². The van der Waals surface area contributed by atoms with E-state index < -0.39 is 5.97 Å². The molecule has 3 aromatic rings. The number of fused-ring (bicyclic) bond motifs is 1. The van der Waals surface area contributed by atoms with Crippen LogP contribution in [-0.4, -0.2) is 21.0 Å². The van der Waals surface area contributed by atoms with Crippen LogP contribution in [0, 0.1) is 0 Å². The van der Waals surface area contributed by atoms with Crippen molar-refractivity contribution in [1.82, 2.24) is 9.97 Å². The van der Waals surface area contributed by atoms with Gasteiger partial charge in [-0.15, -0.1) is 0 Å². The lowest BCUT2D eigenvalue weighted by Crippen LogP contribution is -1.97. The summed E-state index contributed by atoms with van der Waals surface area (Å²) < 4.78 is 0. The minimum Gasteiger partial charge on any atom is -0.478 e. The number of aromatic nitrogens is 2. The van der Waals surface area contributed by atoms with Crippen molar-refractivity contribution < 1.29 is 9.90 Å². The molecule has 1 aromatic carbocycles. The van der Waals surface area contributed by atoms with Crippen molar-refractivity contribution in [2.24, 2.45) is 0 Å². The van der Waals surface area contributed by atoms with E-state index in [9.17, 15) is 4.79 Å². The number of carbonyl (C=O) groups is 1. The Morgan fingerprint density at radius 3 is 2.60 bits per heavy atom. The van der Waals surface area contributed by atoms with E-state index >= 15 is 0 Å². The zero-order valence-electron chi connectivity index (χ0n) is 10.4. The molecule has 1 N–H and O–H groups in total. The molecule has 0 bridgehead atoms. The molecule has 0 aliphatic heterocycles. The van der Waals surface area contributed by atoms with E-state index in [2.05, 4.69) is 9.97 Å². The second-order valence-corrected chi connectivity index (χ2v) is 5.21. The fourth-order valence-corrected chi connectivity index (χ4v) is 2.69. The van der Waals surface area contributed by atoms with Gasteiger partial charge in [-0.05, 0) is 36.4 Å². The molecule has 2 heterocycles. The van der Waals surface area contributed by atoms with Crippen molar-refractivity contribution in [2.75, 3.05) is 0 Å². The highest BCUT2D eigenvalue weighted by molar-refractivity contribution is 7.99. The van der Waals surface area contributed by atoms with Crippen molar-refractivity contribution in [2.45, 2.75) is 9.92 Å². The minimum absolute atomic E-state index is 0.274. The smallest absolute Gasteiger partial charge is 0.336 e. The van der Waals surface area contributed by atoms with Crippen LogP contribution in [0.5, 0.6) is 0 Å². The quantitative estimate of drug-likeness (QED) is 0.796. The standard InChI is InChI=1S/C15H10N2O2S/c18-15(19)12-2-1-3-13-11(12)4-5-14(17-13)20-10-6-8-16-9-7-10/h1-9H,(H,18,19). The van der Waals surface area contributed by atoms with Crippen molar-refractivity contribution in [3.05, 3.63) is 60.4 Å². The van der Waals surface area contributed by atoms with E-state index in [1.165, 1.54) is 11.8 Å². The maximum Gasteiger partial charge on any atom is 0.336 e. The van der Waals surface area contributed by atoms with E-state index in [1.54, 1.807) is 30.6 Å². The van der Waals surface area contributed by atoms with Crippen LogP contribution in [0.3, 0.4) is 0 Å². The molecule has 0 saturated heterocycles. The molecule has 5 heteroatoms. The van der Waals surface area contributed by atoms with E-state index in [4.69, 9.17) is 5.11 Å². The van der Waals surface area contributed by atoms with Crippen LogP contribution >= 0.6 is 11.8 Å². The van der Waals surface area contributed by atoms with Gasteiger partial charge in [0.15, 0.2) is 0 Å². The van der Waals surface area contributed by atoms with E-state index in [0.717, 1.165) is 9.92 Å². The molecule has 20 heavy (non-hydrogen) atoms. The lowest BCUT2D eigenvalue weighted by Gasteiger charge is -2.05. The van der Waals surface area contributed by atoms with E-state index in [-0.39, 0.29) is 5.56 Å². The summed E-state index contributed by atoms with van der Waals surface area (Å²) in [6.45, 7) is 0. The average Bonchev–Trinajstić information content (AvgIpc) is 2.47. The highest BCUT2D eigenvalue weighted by Crippen LogP contribution is 2.27. The number of nitrogens with zero attached hydrogens (tertiary/aromatic N) is 2. The molecule has 0 aliphatic carbocycles. The molecule has 0 unspecified atom stereocenters. The number of pyridine rings is 2. The van der Waals surface area contributed by atoms with Gasteiger partial charge in [-0.1, -0.05) is 17.8 Å². The van der Waals surface area contributed by atoms with Gasteiger partial charge in [-0.25, -0.2) is 9.78 Å². The first-order valence-corrected chi connectivity index (χ1v) is 6.76. The predicted octanol–water partition coefficient (Wildman–Crippen LogP) is 3.48. The van der Waals surface area contributed by atoms with Gasteiger partial charge in [0.05, 0.1) is 11.1 Å². The largest absolute Gasteiger partial charge is 0.478 e. The molecule has 0 saturated carbocycles. The Morgan fingerprint density at radius 2 is 1.85 bits per heavy atom. The van der Waals surface area contributed by atoms with Crippen LogP contribution in [0.2, 0.25) is 0 Å². The lowest BCUT2D eigenvalue weighted by atomic mass is 10.1. The van der Waals surface area contributed by atoms with Gasteiger partial charge in [0.25, 0.3) is 0 Å². The molecule has 0 fully saturated rings. The molecule has 0 atom stereocenters.